The standard InChI is InChI=1S/C35H67N3O8/c1-12-15-37(16-13-2)17-14-18-38-21-24(3)20-35(8,43-11)31(46-32-29(40)28(36(9)10)19-25(4)45-32)26(5)30(41)34(6,7)33(42)44-23-27(38)22-39/h24-29,31-32,39-40H,12-23H2,1-11H3/t24-,25-,26+,27-,28+,29-,31-,32+,35-/m1/s1. The van der Waals surface area contributed by atoms with Gasteiger partial charge in [0.2, 0.25) is 0 Å². The van der Waals surface area contributed by atoms with Gasteiger partial charge < -0.3 is 39.0 Å². The maximum Gasteiger partial charge on any atom is 0.319 e. The second kappa shape index (κ2) is 18.5. The summed E-state index contributed by atoms with van der Waals surface area (Å²) in [5.41, 5.74) is -2.45. The van der Waals surface area contributed by atoms with Crippen molar-refractivity contribution in [3.05, 3.63) is 0 Å². The number of methoxy groups -OCH3 is 1. The molecule has 0 saturated carbocycles. The van der Waals surface area contributed by atoms with E-state index in [1.54, 1.807) is 27.9 Å². The lowest BCUT2D eigenvalue weighted by molar-refractivity contribution is -0.295. The number of likely N-dealkylation sites (N-methyl/N-ethyl adjacent to an activating group) is 1. The summed E-state index contributed by atoms with van der Waals surface area (Å²) in [7, 11) is 5.45. The number of carbonyl (C=O) groups is 2. The number of rotatable bonds is 13. The molecule has 46 heavy (non-hydrogen) atoms. The number of aliphatic hydroxyl groups is 2. The minimum absolute atomic E-state index is 0.00578. The molecule has 2 rings (SSSR count). The molecule has 0 amide bonds. The summed E-state index contributed by atoms with van der Waals surface area (Å²) in [5.74, 6) is -1.71. The first kappa shape index (κ1) is 41.0. The Bertz CT molecular complexity index is 930. The molecule has 0 aromatic rings. The van der Waals surface area contributed by atoms with Crippen LogP contribution in [0, 0.1) is 17.3 Å². The van der Waals surface area contributed by atoms with E-state index in [2.05, 4.69) is 30.6 Å². The molecule has 2 fully saturated rings. The van der Waals surface area contributed by atoms with Crippen molar-refractivity contribution in [2.75, 3.05) is 67.1 Å². The lowest BCUT2D eigenvalue weighted by Crippen LogP contribution is -2.59. The molecule has 2 heterocycles. The Balaban J connectivity index is 2.48. The van der Waals surface area contributed by atoms with Crippen LogP contribution in [0.2, 0.25) is 0 Å². The Hall–Kier alpha value is -1.18. The van der Waals surface area contributed by atoms with Gasteiger partial charge in [0.25, 0.3) is 0 Å². The minimum atomic E-state index is -1.48. The molecular weight excluding hydrogens is 590 g/mol. The van der Waals surface area contributed by atoms with Crippen LogP contribution in [0.15, 0.2) is 0 Å². The minimum Gasteiger partial charge on any atom is -0.463 e. The van der Waals surface area contributed by atoms with Crippen molar-refractivity contribution in [3.8, 4) is 0 Å². The molecule has 9 atom stereocenters. The van der Waals surface area contributed by atoms with Crippen molar-refractivity contribution in [3.63, 3.8) is 0 Å². The molecule has 0 spiro atoms. The smallest absolute Gasteiger partial charge is 0.319 e. The van der Waals surface area contributed by atoms with E-state index in [9.17, 15) is 19.8 Å². The average Bonchev–Trinajstić information content (AvgIpc) is 2.99. The van der Waals surface area contributed by atoms with Crippen molar-refractivity contribution < 1.29 is 38.7 Å². The van der Waals surface area contributed by atoms with Crippen molar-refractivity contribution in [2.45, 2.75) is 130 Å². The summed E-state index contributed by atoms with van der Waals surface area (Å²) < 4.78 is 24.8. The number of hydrogen-bond donors (Lipinski definition) is 2. The van der Waals surface area contributed by atoms with Crippen LogP contribution in [0.1, 0.15) is 87.5 Å². The van der Waals surface area contributed by atoms with Gasteiger partial charge in [-0.2, -0.15) is 0 Å². The van der Waals surface area contributed by atoms with Gasteiger partial charge in [0, 0.05) is 25.6 Å². The Morgan fingerprint density at radius 1 is 1.04 bits per heavy atom. The second-order valence-electron chi connectivity index (χ2n) is 14.9. The van der Waals surface area contributed by atoms with Gasteiger partial charge in [-0.3, -0.25) is 14.5 Å². The van der Waals surface area contributed by atoms with E-state index in [0.717, 1.165) is 45.4 Å². The molecule has 11 nitrogen and oxygen atoms in total. The summed E-state index contributed by atoms with van der Waals surface area (Å²) >= 11 is 0. The molecule has 2 aliphatic heterocycles. The molecule has 0 bridgehead atoms. The first-order chi connectivity index (χ1) is 21.6. The monoisotopic (exact) mass is 657 g/mol. The topological polar surface area (TPSA) is 121 Å². The summed E-state index contributed by atoms with van der Waals surface area (Å²) in [6.45, 7) is 19.5. The molecule has 0 radical (unpaired) electrons. The third kappa shape index (κ3) is 10.7. The van der Waals surface area contributed by atoms with Gasteiger partial charge in [0.05, 0.1) is 30.5 Å². The van der Waals surface area contributed by atoms with Crippen LogP contribution in [0.25, 0.3) is 0 Å². The van der Waals surface area contributed by atoms with E-state index in [1.807, 2.05) is 32.8 Å². The van der Waals surface area contributed by atoms with Gasteiger partial charge in [-0.25, -0.2) is 0 Å². The molecule has 0 aromatic carbocycles. The van der Waals surface area contributed by atoms with E-state index < -0.39 is 47.4 Å². The van der Waals surface area contributed by atoms with E-state index in [1.165, 1.54) is 0 Å². The van der Waals surface area contributed by atoms with Gasteiger partial charge in [-0.15, -0.1) is 0 Å². The Morgan fingerprint density at radius 3 is 2.22 bits per heavy atom. The SMILES string of the molecule is CCCN(CCC)CCCN1C[C@H](C)C[C@@](C)(OC)[C@H](O[C@@H]2O[C@H](C)C[C@H](N(C)C)[C@H]2O)[C@@H](C)C(=O)C(C)(C)C(=O)OC[C@H]1CO. The van der Waals surface area contributed by atoms with Crippen molar-refractivity contribution in [2.24, 2.45) is 17.3 Å². The van der Waals surface area contributed by atoms with Crippen LogP contribution in [-0.2, 0) is 28.5 Å². The molecule has 2 N–H and O–H groups in total. The quantitative estimate of drug-likeness (QED) is 0.224. The zero-order chi connectivity index (χ0) is 34.8. The number of carbonyl (C=O) groups excluding carboxylic acids is 2. The Labute approximate surface area is 279 Å². The van der Waals surface area contributed by atoms with E-state index in [4.69, 9.17) is 18.9 Å². The van der Waals surface area contributed by atoms with E-state index >= 15 is 0 Å². The van der Waals surface area contributed by atoms with Crippen molar-refractivity contribution in [1.29, 1.82) is 0 Å². The summed E-state index contributed by atoms with van der Waals surface area (Å²) in [6.07, 6.45) is 1.32. The maximum atomic E-state index is 14.1. The van der Waals surface area contributed by atoms with Crippen molar-refractivity contribution in [1.82, 2.24) is 14.7 Å². The zero-order valence-electron chi connectivity index (χ0n) is 30.8. The highest BCUT2D eigenvalue weighted by molar-refractivity contribution is 6.04. The molecule has 2 saturated heterocycles. The predicted octanol–water partition coefficient (Wildman–Crippen LogP) is 3.19. The first-order valence-electron chi connectivity index (χ1n) is 17.5. The van der Waals surface area contributed by atoms with Gasteiger partial charge in [0.15, 0.2) is 12.1 Å². The van der Waals surface area contributed by atoms with Gasteiger partial charge in [-0.1, -0.05) is 27.7 Å². The molecule has 270 valence electrons. The third-order valence-corrected chi connectivity index (χ3v) is 10.1. The number of Topliss-reactive ketones (excluding diaryl/α,β-unsaturated/α-hetero) is 1. The summed E-state index contributed by atoms with van der Waals surface area (Å²) in [5, 5.41) is 21.8. The molecule has 11 heteroatoms. The van der Waals surface area contributed by atoms with E-state index in [-0.39, 0.29) is 37.1 Å². The van der Waals surface area contributed by atoms with Crippen LogP contribution in [0.5, 0.6) is 0 Å². The molecule has 0 unspecified atom stereocenters. The van der Waals surface area contributed by atoms with Crippen LogP contribution in [-0.4, -0.2) is 146 Å². The van der Waals surface area contributed by atoms with Gasteiger partial charge >= 0.3 is 5.97 Å². The number of esters is 1. The van der Waals surface area contributed by atoms with Crippen LogP contribution >= 0.6 is 0 Å². The van der Waals surface area contributed by atoms with Crippen LogP contribution in [0.3, 0.4) is 0 Å². The number of ether oxygens (including phenoxy) is 4. The summed E-state index contributed by atoms with van der Waals surface area (Å²) in [4.78, 5) is 34.3. The predicted molar refractivity (Wildman–Crippen MR) is 179 cm³/mol. The third-order valence-electron chi connectivity index (χ3n) is 10.1. The lowest BCUT2D eigenvalue weighted by atomic mass is 9.74. The largest absolute Gasteiger partial charge is 0.463 e. The van der Waals surface area contributed by atoms with Gasteiger partial charge in [0.1, 0.15) is 18.1 Å². The highest BCUT2D eigenvalue weighted by Gasteiger charge is 2.51. The fourth-order valence-corrected chi connectivity index (χ4v) is 7.38. The molecule has 0 aliphatic carbocycles. The Kier molecular flexibility index (Phi) is 16.5. The molecular formula is C35H67N3O8. The number of aliphatic hydroxyl groups excluding tert-OH is 2. The van der Waals surface area contributed by atoms with Crippen LogP contribution in [0.4, 0.5) is 0 Å². The molecule has 0 aromatic heterocycles. The number of nitrogens with zero attached hydrogens (tertiary/aromatic N) is 3. The fourth-order valence-electron chi connectivity index (χ4n) is 7.38. The average molecular weight is 658 g/mol. The van der Waals surface area contributed by atoms with Gasteiger partial charge in [-0.05, 0) is 106 Å². The fraction of sp³-hybridized carbons (Fsp3) is 0.943. The maximum absolute atomic E-state index is 14.1. The number of cyclic esters (lactones) is 1. The first-order valence-corrected chi connectivity index (χ1v) is 17.5. The highest BCUT2D eigenvalue weighted by Crippen LogP contribution is 2.38. The molecule has 2 aliphatic rings. The zero-order valence-corrected chi connectivity index (χ0v) is 30.8. The van der Waals surface area contributed by atoms with E-state index in [0.29, 0.717) is 19.4 Å². The second-order valence-corrected chi connectivity index (χ2v) is 14.9. The van der Waals surface area contributed by atoms with Crippen LogP contribution < -0.4 is 0 Å². The van der Waals surface area contributed by atoms with Crippen molar-refractivity contribution >= 4 is 11.8 Å². The highest BCUT2D eigenvalue weighted by atomic mass is 16.7. The lowest BCUT2D eigenvalue weighted by Gasteiger charge is -2.47. The number of hydrogen-bond acceptors (Lipinski definition) is 11. The number of ketones is 1. The summed E-state index contributed by atoms with van der Waals surface area (Å²) in [6, 6.07) is -0.597. The Morgan fingerprint density at radius 2 is 1.67 bits per heavy atom. The normalized spacial score (nSPS) is 35.5.